The molecule has 0 radical (unpaired) electrons. The van der Waals surface area contributed by atoms with Gasteiger partial charge in [0.15, 0.2) is 0 Å². The SMILES string of the molecule is O=C(NCCCOCCO)c1cc(C(F)(F)F)ccc1F. The summed E-state index contributed by atoms with van der Waals surface area (Å²) in [5, 5.41) is 10.8. The van der Waals surface area contributed by atoms with Gasteiger partial charge in [-0.15, -0.1) is 0 Å². The number of hydrogen-bond acceptors (Lipinski definition) is 3. The van der Waals surface area contributed by atoms with Gasteiger partial charge in [0.2, 0.25) is 0 Å². The highest BCUT2D eigenvalue weighted by Crippen LogP contribution is 2.30. The zero-order chi connectivity index (χ0) is 15.9. The van der Waals surface area contributed by atoms with Gasteiger partial charge in [-0.2, -0.15) is 13.2 Å². The molecule has 0 unspecified atom stereocenters. The van der Waals surface area contributed by atoms with Gasteiger partial charge in [-0.05, 0) is 24.6 Å². The fourth-order valence-electron chi connectivity index (χ4n) is 1.51. The van der Waals surface area contributed by atoms with E-state index in [2.05, 4.69) is 5.32 Å². The third-order valence-electron chi connectivity index (χ3n) is 2.52. The molecule has 118 valence electrons. The van der Waals surface area contributed by atoms with Crippen molar-refractivity contribution in [1.82, 2.24) is 5.32 Å². The Bertz CT molecular complexity index is 477. The summed E-state index contributed by atoms with van der Waals surface area (Å²) >= 11 is 0. The molecule has 0 saturated heterocycles. The highest BCUT2D eigenvalue weighted by molar-refractivity contribution is 5.94. The highest BCUT2D eigenvalue weighted by atomic mass is 19.4. The van der Waals surface area contributed by atoms with E-state index in [1.165, 1.54) is 0 Å². The van der Waals surface area contributed by atoms with Gasteiger partial charge in [0.05, 0.1) is 24.3 Å². The number of amides is 1. The molecule has 1 aromatic rings. The second-order valence-corrected chi connectivity index (χ2v) is 4.14. The van der Waals surface area contributed by atoms with Gasteiger partial charge < -0.3 is 15.2 Å². The van der Waals surface area contributed by atoms with Crippen LogP contribution in [0.25, 0.3) is 0 Å². The van der Waals surface area contributed by atoms with Gasteiger partial charge in [-0.1, -0.05) is 0 Å². The number of ether oxygens (including phenoxy) is 1. The normalized spacial score (nSPS) is 11.5. The van der Waals surface area contributed by atoms with E-state index in [9.17, 15) is 22.4 Å². The van der Waals surface area contributed by atoms with Crippen molar-refractivity contribution < 1.29 is 32.2 Å². The molecule has 1 aromatic carbocycles. The van der Waals surface area contributed by atoms with Crippen LogP contribution in [0.1, 0.15) is 22.3 Å². The van der Waals surface area contributed by atoms with Crippen molar-refractivity contribution in [2.45, 2.75) is 12.6 Å². The maximum atomic E-state index is 13.4. The Kier molecular flexibility index (Phi) is 6.57. The monoisotopic (exact) mass is 309 g/mol. The Hall–Kier alpha value is -1.67. The molecule has 0 bridgehead atoms. The number of rotatable bonds is 7. The van der Waals surface area contributed by atoms with Crippen molar-refractivity contribution in [2.24, 2.45) is 0 Å². The number of aliphatic hydroxyl groups is 1. The molecule has 0 saturated carbocycles. The third kappa shape index (κ3) is 5.68. The molecule has 0 aliphatic carbocycles. The van der Waals surface area contributed by atoms with Crippen molar-refractivity contribution in [3.05, 3.63) is 35.1 Å². The quantitative estimate of drug-likeness (QED) is 0.598. The summed E-state index contributed by atoms with van der Waals surface area (Å²) in [6, 6.07) is 1.67. The van der Waals surface area contributed by atoms with Crippen LogP contribution < -0.4 is 5.32 Å². The lowest BCUT2D eigenvalue weighted by Crippen LogP contribution is -2.26. The molecule has 21 heavy (non-hydrogen) atoms. The van der Waals surface area contributed by atoms with Crippen LogP contribution in [0.15, 0.2) is 18.2 Å². The van der Waals surface area contributed by atoms with Crippen LogP contribution in [0.3, 0.4) is 0 Å². The van der Waals surface area contributed by atoms with Gasteiger partial charge in [0.1, 0.15) is 5.82 Å². The van der Waals surface area contributed by atoms with E-state index < -0.39 is 29.0 Å². The first-order valence-electron chi connectivity index (χ1n) is 6.20. The predicted octanol–water partition coefficient (Wildman–Crippen LogP) is 1.97. The van der Waals surface area contributed by atoms with Gasteiger partial charge in [0.25, 0.3) is 5.91 Å². The van der Waals surface area contributed by atoms with E-state index in [-0.39, 0.29) is 26.4 Å². The Labute approximate surface area is 118 Å². The third-order valence-corrected chi connectivity index (χ3v) is 2.52. The van der Waals surface area contributed by atoms with Gasteiger partial charge in [0, 0.05) is 13.2 Å². The van der Waals surface area contributed by atoms with Crippen LogP contribution in [0, 0.1) is 5.82 Å². The van der Waals surface area contributed by atoms with Crippen molar-refractivity contribution in [3.8, 4) is 0 Å². The molecule has 1 rings (SSSR count). The van der Waals surface area contributed by atoms with Crippen molar-refractivity contribution in [3.63, 3.8) is 0 Å². The van der Waals surface area contributed by atoms with E-state index in [1.54, 1.807) is 0 Å². The maximum Gasteiger partial charge on any atom is 0.416 e. The summed E-state index contributed by atoms with van der Waals surface area (Å²) in [7, 11) is 0. The van der Waals surface area contributed by atoms with Crippen LogP contribution >= 0.6 is 0 Å². The standard InChI is InChI=1S/C13H15F4NO3/c14-11-3-2-9(13(15,16)17)8-10(11)12(20)18-4-1-6-21-7-5-19/h2-3,8,19H,1,4-7H2,(H,18,20). The van der Waals surface area contributed by atoms with Gasteiger partial charge in [-0.25, -0.2) is 4.39 Å². The minimum atomic E-state index is -4.64. The van der Waals surface area contributed by atoms with Crippen molar-refractivity contribution >= 4 is 5.91 Å². The maximum absolute atomic E-state index is 13.4. The predicted molar refractivity (Wildman–Crippen MR) is 66.3 cm³/mol. The molecular formula is C13H15F4NO3. The summed E-state index contributed by atoms with van der Waals surface area (Å²) in [5.41, 5.74) is -1.73. The van der Waals surface area contributed by atoms with Crippen LogP contribution in [0.5, 0.6) is 0 Å². The summed E-state index contributed by atoms with van der Waals surface area (Å²) in [5.74, 6) is -1.93. The minimum Gasteiger partial charge on any atom is -0.394 e. The Morgan fingerprint density at radius 1 is 1.29 bits per heavy atom. The molecule has 4 nitrogen and oxygen atoms in total. The lowest BCUT2D eigenvalue weighted by Gasteiger charge is -2.10. The van der Waals surface area contributed by atoms with Crippen LogP contribution in [-0.4, -0.2) is 37.4 Å². The summed E-state index contributed by atoms with van der Waals surface area (Å²) in [6.07, 6.45) is -4.24. The highest BCUT2D eigenvalue weighted by Gasteiger charge is 2.31. The molecule has 0 atom stereocenters. The van der Waals surface area contributed by atoms with Crippen molar-refractivity contribution in [2.75, 3.05) is 26.4 Å². The zero-order valence-corrected chi connectivity index (χ0v) is 11.0. The van der Waals surface area contributed by atoms with Gasteiger partial charge >= 0.3 is 6.18 Å². The molecule has 1 amide bonds. The Morgan fingerprint density at radius 2 is 2.00 bits per heavy atom. The fraction of sp³-hybridized carbons (Fsp3) is 0.462. The Morgan fingerprint density at radius 3 is 2.62 bits per heavy atom. The molecule has 0 fully saturated rings. The Balaban J connectivity index is 2.57. The smallest absolute Gasteiger partial charge is 0.394 e. The topological polar surface area (TPSA) is 58.6 Å². The second kappa shape index (κ2) is 7.94. The van der Waals surface area contributed by atoms with Crippen LogP contribution in [0.4, 0.5) is 17.6 Å². The minimum absolute atomic E-state index is 0.123. The van der Waals surface area contributed by atoms with Crippen LogP contribution in [-0.2, 0) is 10.9 Å². The summed E-state index contributed by atoms with van der Waals surface area (Å²) in [6.45, 7) is 0.434. The molecule has 0 aromatic heterocycles. The summed E-state index contributed by atoms with van der Waals surface area (Å²) < 4.78 is 55.8. The van der Waals surface area contributed by atoms with E-state index in [0.717, 1.165) is 0 Å². The average molecular weight is 309 g/mol. The molecule has 8 heteroatoms. The fourth-order valence-corrected chi connectivity index (χ4v) is 1.51. The number of carbonyl (C=O) groups excluding carboxylic acids is 1. The molecule has 2 N–H and O–H groups in total. The lowest BCUT2D eigenvalue weighted by molar-refractivity contribution is -0.137. The van der Waals surface area contributed by atoms with Crippen molar-refractivity contribution in [1.29, 1.82) is 0 Å². The zero-order valence-electron chi connectivity index (χ0n) is 11.0. The number of alkyl halides is 3. The molecule has 0 aliphatic heterocycles. The molecule has 0 spiro atoms. The first-order chi connectivity index (χ1) is 9.86. The number of nitrogens with one attached hydrogen (secondary N) is 1. The average Bonchev–Trinajstić information content (AvgIpc) is 2.41. The summed E-state index contributed by atoms with van der Waals surface area (Å²) in [4.78, 5) is 11.6. The van der Waals surface area contributed by atoms with Crippen LogP contribution in [0.2, 0.25) is 0 Å². The van der Waals surface area contributed by atoms with E-state index in [4.69, 9.17) is 9.84 Å². The largest absolute Gasteiger partial charge is 0.416 e. The van der Waals surface area contributed by atoms with E-state index in [0.29, 0.717) is 24.6 Å². The number of aliphatic hydroxyl groups excluding tert-OH is 1. The number of carbonyl (C=O) groups is 1. The first kappa shape index (κ1) is 17.4. The molecule has 0 aliphatic rings. The second-order valence-electron chi connectivity index (χ2n) is 4.14. The number of benzene rings is 1. The van der Waals surface area contributed by atoms with E-state index in [1.807, 2.05) is 0 Å². The molecular weight excluding hydrogens is 294 g/mol. The number of halogens is 4. The lowest BCUT2D eigenvalue weighted by atomic mass is 10.1. The molecule has 0 heterocycles. The first-order valence-corrected chi connectivity index (χ1v) is 6.20. The van der Waals surface area contributed by atoms with E-state index >= 15 is 0 Å². The van der Waals surface area contributed by atoms with Gasteiger partial charge in [-0.3, -0.25) is 4.79 Å². The number of hydrogen-bond donors (Lipinski definition) is 2.